The number of thiocarbonyl (C=S) groups is 1. The standard InChI is InChI=1S/C31H32BrN5OS/c1-20-18-25(11-12-27(20)32)37-30(29(34-31(37)39)28-6-4-5-13-33-28)26-19-21(2)36(22(26)3)24-9-7-23(8-10-24)35-14-16-38-17-15-35/h4-13,18-19,29-30H,14-17H2,1-3H3,(H,34,39). The van der Waals surface area contributed by atoms with Crippen molar-refractivity contribution < 1.29 is 4.74 Å². The van der Waals surface area contributed by atoms with Gasteiger partial charge in [0.1, 0.15) is 0 Å². The van der Waals surface area contributed by atoms with Crippen LogP contribution in [-0.4, -0.2) is 41.0 Å². The number of hydrogen-bond acceptors (Lipinski definition) is 4. The van der Waals surface area contributed by atoms with Crippen LogP contribution in [0.3, 0.4) is 0 Å². The van der Waals surface area contributed by atoms with Gasteiger partial charge >= 0.3 is 0 Å². The third-order valence-electron chi connectivity index (χ3n) is 7.79. The van der Waals surface area contributed by atoms with Crippen molar-refractivity contribution >= 4 is 44.6 Å². The van der Waals surface area contributed by atoms with Crippen molar-refractivity contribution in [2.75, 3.05) is 36.1 Å². The lowest BCUT2D eigenvalue weighted by molar-refractivity contribution is 0.122. The van der Waals surface area contributed by atoms with E-state index >= 15 is 0 Å². The first kappa shape index (κ1) is 26.0. The first-order valence-corrected chi connectivity index (χ1v) is 14.5. The molecule has 2 atom stereocenters. The van der Waals surface area contributed by atoms with Crippen LogP contribution in [0.2, 0.25) is 0 Å². The second kappa shape index (κ2) is 10.8. The number of hydrogen-bond donors (Lipinski definition) is 1. The number of nitrogens with zero attached hydrogens (tertiary/aromatic N) is 4. The summed E-state index contributed by atoms with van der Waals surface area (Å²) in [5.74, 6) is 0. The Kier molecular flexibility index (Phi) is 7.18. The number of aryl methyl sites for hydroxylation is 2. The summed E-state index contributed by atoms with van der Waals surface area (Å²) >= 11 is 9.61. The van der Waals surface area contributed by atoms with E-state index in [0.717, 1.165) is 47.8 Å². The first-order valence-electron chi connectivity index (χ1n) is 13.3. The highest BCUT2D eigenvalue weighted by molar-refractivity contribution is 9.10. The highest BCUT2D eigenvalue weighted by Gasteiger charge is 2.42. The Morgan fingerprint density at radius 3 is 2.33 bits per heavy atom. The second-order valence-electron chi connectivity index (χ2n) is 10.2. The Morgan fingerprint density at radius 2 is 1.64 bits per heavy atom. The Labute approximate surface area is 243 Å². The summed E-state index contributed by atoms with van der Waals surface area (Å²) in [5.41, 5.74) is 9.21. The van der Waals surface area contributed by atoms with Gasteiger partial charge in [0.2, 0.25) is 0 Å². The second-order valence-corrected chi connectivity index (χ2v) is 11.4. The zero-order valence-corrected chi connectivity index (χ0v) is 24.8. The normalized spacial score (nSPS) is 19.4. The lowest BCUT2D eigenvalue weighted by Gasteiger charge is -2.29. The largest absolute Gasteiger partial charge is 0.378 e. The van der Waals surface area contributed by atoms with Crippen LogP contribution >= 0.6 is 28.1 Å². The predicted octanol–water partition coefficient (Wildman–Crippen LogP) is 6.57. The Bertz CT molecular complexity index is 1500. The molecule has 2 saturated heterocycles. The molecule has 0 spiro atoms. The minimum atomic E-state index is -0.0831. The summed E-state index contributed by atoms with van der Waals surface area (Å²) in [7, 11) is 0. The SMILES string of the molecule is Cc1cc(N2C(=S)NC(c3ccccn3)C2c2cc(C)n(-c3ccc(N4CCOCC4)cc3)c2C)ccc1Br. The van der Waals surface area contributed by atoms with Gasteiger partial charge in [-0.1, -0.05) is 22.0 Å². The fourth-order valence-corrected chi connectivity index (χ4v) is 6.44. The zero-order valence-electron chi connectivity index (χ0n) is 22.4. The molecule has 0 bridgehead atoms. The van der Waals surface area contributed by atoms with E-state index in [2.05, 4.69) is 111 Å². The number of pyridine rings is 1. The maximum atomic E-state index is 5.96. The number of rotatable bonds is 5. The molecule has 8 heteroatoms. The summed E-state index contributed by atoms with van der Waals surface area (Å²) in [6, 6.07) is 23.5. The molecule has 2 aromatic heterocycles. The number of ether oxygens (including phenoxy) is 1. The van der Waals surface area contributed by atoms with Gasteiger partial charge in [0.05, 0.1) is 31.0 Å². The monoisotopic (exact) mass is 601 g/mol. The van der Waals surface area contributed by atoms with Crippen LogP contribution in [0, 0.1) is 20.8 Å². The molecule has 0 saturated carbocycles. The molecular formula is C31H32BrN5OS. The van der Waals surface area contributed by atoms with Crippen molar-refractivity contribution in [3.63, 3.8) is 0 Å². The maximum Gasteiger partial charge on any atom is 0.174 e. The van der Waals surface area contributed by atoms with Gasteiger partial charge < -0.3 is 24.4 Å². The minimum Gasteiger partial charge on any atom is -0.378 e. The van der Waals surface area contributed by atoms with Gasteiger partial charge in [-0.25, -0.2) is 0 Å². The van der Waals surface area contributed by atoms with E-state index in [0.29, 0.717) is 5.11 Å². The van der Waals surface area contributed by atoms with E-state index in [9.17, 15) is 0 Å². The van der Waals surface area contributed by atoms with Crippen LogP contribution in [0.15, 0.2) is 77.4 Å². The van der Waals surface area contributed by atoms with Crippen molar-refractivity contribution in [3.8, 4) is 5.69 Å². The molecule has 2 aliphatic rings. The lowest BCUT2D eigenvalue weighted by Crippen LogP contribution is -2.36. The molecule has 0 amide bonds. The quantitative estimate of drug-likeness (QED) is 0.261. The number of anilines is 2. The van der Waals surface area contributed by atoms with Gasteiger partial charge in [0, 0.05) is 52.2 Å². The number of aromatic nitrogens is 2. The van der Waals surface area contributed by atoms with E-state index in [4.69, 9.17) is 21.9 Å². The molecule has 6 nitrogen and oxygen atoms in total. The molecule has 2 aliphatic heterocycles. The Balaban J connectivity index is 1.42. The van der Waals surface area contributed by atoms with Crippen LogP contribution in [0.25, 0.3) is 5.69 Å². The number of nitrogens with one attached hydrogen (secondary N) is 1. The fourth-order valence-electron chi connectivity index (χ4n) is 5.85. The molecule has 0 aliphatic carbocycles. The van der Waals surface area contributed by atoms with Gasteiger partial charge in [0.25, 0.3) is 0 Å². The van der Waals surface area contributed by atoms with Crippen molar-refractivity contribution in [1.29, 1.82) is 0 Å². The molecule has 6 rings (SSSR count). The summed E-state index contributed by atoms with van der Waals surface area (Å²) in [6.07, 6.45) is 1.85. The number of morpholine rings is 1. The van der Waals surface area contributed by atoms with Crippen molar-refractivity contribution in [2.45, 2.75) is 32.9 Å². The van der Waals surface area contributed by atoms with E-state index in [1.165, 1.54) is 28.2 Å². The van der Waals surface area contributed by atoms with Crippen LogP contribution in [-0.2, 0) is 4.74 Å². The number of halogens is 1. The first-order chi connectivity index (χ1) is 18.9. The lowest BCUT2D eigenvalue weighted by atomic mass is 9.96. The molecule has 2 unspecified atom stereocenters. The van der Waals surface area contributed by atoms with Crippen molar-refractivity contribution in [1.82, 2.24) is 14.9 Å². The Hall–Kier alpha value is -3.20. The highest BCUT2D eigenvalue weighted by Crippen LogP contribution is 2.44. The molecule has 0 radical (unpaired) electrons. The third-order valence-corrected chi connectivity index (χ3v) is 9.00. The van der Waals surface area contributed by atoms with Gasteiger partial charge in [-0.05, 0) is 105 Å². The summed E-state index contributed by atoms with van der Waals surface area (Å²) in [5, 5.41) is 4.30. The predicted molar refractivity (Wildman–Crippen MR) is 165 cm³/mol. The molecular weight excluding hydrogens is 570 g/mol. The highest BCUT2D eigenvalue weighted by atomic mass is 79.9. The van der Waals surface area contributed by atoms with Gasteiger partial charge in [0.15, 0.2) is 5.11 Å². The average molecular weight is 603 g/mol. The van der Waals surface area contributed by atoms with Crippen LogP contribution in [0.1, 0.15) is 40.3 Å². The molecule has 39 heavy (non-hydrogen) atoms. The summed E-state index contributed by atoms with van der Waals surface area (Å²) < 4.78 is 8.96. The number of benzene rings is 2. The average Bonchev–Trinajstić information content (AvgIpc) is 3.46. The molecule has 1 N–H and O–H groups in total. The van der Waals surface area contributed by atoms with Gasteiger partial charge in [-0.15, -0.1) is 0 Å². The van der Waals surface area contributed by atoms with E-state index in [-0.39, 0.29) is 12.1 Å². The van der Waals surface area contributed by atoms with Crippen LogP contribution in [0.4, 0.5) is 11.4 Å². The molecule has 200 valence electrons. The third kappa shape index (κ3) is 4.86. The molecule has 2 fully saturated rings. The molecule has 4 aromatic rings. The van der Waals surface area contributed by atoms with Crippen LogP contribution in [0.5, 0.6) is 0 Å². The zero-order chi connectivity index (χ0) is 27.1. The van der Waals surface area contributed by atoms with Crippen molar-refractivity contribution in [3.05, 3.63) is 106 Å². The smallest absolute Gasteiger partial charge is 0.174 e. The summed E-state index contributed by atoms with van der Waals surface area (Å²) in [4.78, 5) is 9.36. The van der Waals surface area contributed by atoms with Crippen molar-refractivity contribution in [2.24, 2.45) is 0 Å². The Morgan fingerprint density at radius 1 is 0.923 bits per heavy atom. The van der Waals surface area contributed by atoms with E-state index in [1.807, 2.05) is 18.3 Å². The minimum absolute atomic E-state index is 0.0550. The topological polar surface area (TPSA) is 45.6 Å². The fraction of sp³-hybridized carbons (Fsp3) is 0.290. The van der Waals surface area contributed by atoms with Gasteiger partial charge in [-0.3, -0.25) is 4.98 Å². The maximum absolute atomic E-state index is 5.96. The molecule has 2 aromatic carbocycles. The molecule has 4 heterocycles. The van der Waals surface area contributed by atoms with Gasteiger partial charge in [-0.2, -0.15) is 0 Å². The van der Waals surface area contributed by atoms with E-state index < -0.39 is 0 Å². The van der Waals surface area contributed by atoms with Crippen LogP contribution < -0.4 is 15.1 Å². The van der Waals surface area contributed by atoms with E-state index in [1.54, 1.807) is 0 Å². The summed E-state index contributed by atoms with van der Waals surface area (Å²) in [6.45, 7) is 9.92.